The normalized spacial score (nSPS) is 19.5. The maximum absolute atomic E-state index is 11.5. The summed E-state index contributed by atoms with van der Waals surface area (Å²) in [7, 11) is 0. The van der Waals surface area contributed by atoms with Crippen LogP contribution in [0.1, 0.15) is 41.0 Å². The van der Waals surface area contributed by atoms with Crippen molar-refractivity contribution in [3.63, 3.8) is 0 Å². The Morgan fingerprint density at radius 3 is 2.38 bits per heavy atom. The summed E-state index contributed by atoms with van der Waals surface area (Å²) < 4.78 is 5.19. The lowest BCUT2D eigenvalue weighted by Crippen LogP contribution is -2.35. The Balaban J connectivity index is 0.00000106. The van der Waals surface area contributed by atoms with E-state index in [1.165, 1.54) is 0 Å². The molecule has 92 valence electrons. The average Bonchev–Trinajstić information content (AvgIpc) is 2.66. The minimum Gasteiger partial charge on any atom is -0.444 e. The summed E-state index contributed by atoms with van der Waals surface area (Å²) >= 11 is 0. The Hall–Kier alpha value is -1.24. The maximum atomic E-state index is 11.5. The number of hydrogen-bond acceptors (Lipinski definition) is 3. The molecule has 4 heteroatoms. The van der Waals surface area contributed by atoms with E-state index in [4.69, 9.17) is 10.00 Å². The highest BCUT2D eigenvalue weighted by molar-refractivity contribution is 5.68. The summed E-state index contributed by atoms with van der Waals surface area (Å²) in [4.78, 5) is 13.1. The van der Waals surface area contributed by atoms with Crippen LogP contribution in [0.15, 0.2) is 0 Å². The minimum atomic E-state index is -0.457. The first kappa shape index (κ1) is 14.8. The number of ether oxygens (including phenoxy) is 1. The average molecular weight is 226 g/mol. The fraction of sp³-hybridized carbons (Fsp3) is 0.833. The summed E-state index contributed by atoms with van der Waals surface area (Å²) in [6.07, 6.45) is 0.450. The van der Waals surface area contributed by atoms with Gasteiger partial charge in [0.25, 0.3) is 0 Å². The predicted octanol–water partition coefficient (Wildman–Crippen LogP) is 2.79. The zero-order valence-electron chi connectivity index (χ0n) is 10.9. The van der Waals surface area contributed by atoms with Gasteiger partial charge in [0.15, 0.2) is 0 Å². The highest BCUT2D eigenvalue weighted by Gasteiger charge is 2.29. The third-order valence-electron chi connectivity index (χ3n) is 2.02. The second-order valence-electron chi connectivity index (χ2n) is 4.54. The summed E-state index contributed by atoms with van der Waals surface area (Å²) in [5.74, 6) is -0.0254. The van der Waals surface area contributed by atoms with Gasteiger partial charge in [0.05, 0.1) is 12.0 Å². The second-order valence-corrected chi connectivity index (χ2v) is 4.54. The molecule has 0 spiro atoms. The molecule has 1 saturated heterocycles. The van der Waals surface area contributed by atoms with E-state index < -0.39 is 5.60 Å². The number of nitrogens with zero attached hydrogens (tertiary/aromatic N) is 2. The fourth-order valence-electron chi connectivity index (χ4n) is 1.36. The summed E-state index contributed by atoms with van der Waals surface area (Å²) in [5.41, 5.74) is -0.457. The van der Waals surface area contributed by atoms with E-state index in [1.54, 1.807) is 4.90 Å². The van der Waals surface area contributed by atoms with Crippen LogP contribution in [-0.2, 0) is 4.74 Å². The Labute approximate surface area is 98.2 Å². The topological polar surface area (TPSA) is 53.3 Å². The van der Waals surface area contributed by atoms with Crippen LogP contribution >= 0.6 is 0 Å². The van der Waals surface area contributed by atoms with Gasteiger partial charge in [0.2, 0.25) is 0 Å². The second kappa shape index (κ2) is 6.37. The van der Waals surface area contributed by atoms with Crippen LogP contribution in [0, 0.1) is 17.2 Å². The lowest BCUT2D eigenvalue weighted by Gasteiger charge is -2.24. The van der Waals surface area contributed by atoms with E-state index in [0.29, 0.717) is 13.1 Å². The van der Waals surface area contributed by atoms with Crippen molar-refractivity contribution in [2.75, 3.05) is 13.1 Å². The number of rotatable bonds is 0. The SMILES string of the molecule is CC.CC(C)(C)OC(=O)N1CCC(C#N)C1. The quantitative estimate of drug-likeness (QED) is 0.638. The van der Waals surface area contributed by atoms with Gasteiger partial charge in [-0.25, -0.2) is 4.79 Å². The van der Waals surface area contributed by atoms with Crippen molar-refractivity contribution in [3.8, 4) is 6.07 Å². The smallest absolute Gasteiger partial charge is 0.410 e. The zero-order valence-corrected chi connectivity index (χ0v) is 10.9. The molecule has 0 aromatic rings. The summed E-state index contributed by atoms with van der Waals surface area (Å²) in [5, 5.41) is 8.67. The van der Waals surface area contributed by atoms with Gasteiger partial charge in [-0.15, -0.1) is 0 Å². The van der Waals surface area contributed by atoms with Crippen molar-refractivity contribution in [2.24, 2.45) is 5.92 Å². The number of likely N-dealkylation sites (tertiary alicyclic amines) is 1. The number of hydrogen-bond donors (Lipinski definition) is 0. The van der Waals surface area contributed by atoms with Crippen LogP contribution in [0.5, 0.6) is 0 Å². The number of nitriles is 1. The minimum absolute atomic E-state index is 0.0254. The Kier molecular flexibility index (Phi) is 5.87. The molecule has 0 aromatic carbocycles. The van der Waals surface area contributed by atoms with Gasteiger partial charge in [-0.05, 0) is 27.2 Å². The van der Waals surface area contributed by atoms with Crippen molar-refractivity contribution in [1.82, 2.24) is 4.90 Å². The highest BCUT2D eigenvalue weighted by Crippen LogP contribution is 2.18. The first-order chi connectivity index (χ1) is 7.42. The Morgan fingerprint density at radius 1 is 1.44 bits per heavy atom. The third-order valence-corrected chi connectivity index (χ3v) is 2.02. The molecule has 1 atom stereocenters. The van der Waals surface area contributed by atoms with E-state index in [0.717, 1.165) is 6.42 Å². The van der Waals surface area contributed by atoms with Crippen molar-refractivity contribution in [3.05, 3.63) is 0 Å². The molecular weight excluding hydrogens is 204 g/mol. The van der Waals surface area contributed by atoms with Crippen LogP contribution in [0.4, 0.5) is 4.79 Å². The molecule has 0 N–H and O–H groups in total. The summed E-state index contributed by atoms with van der Waals surface area (Å²) in [6, 6.07) is 2.16. The summed E-state index contributed by atoms with van der Waals surface area (Å²) in [6.45, 7) is 10.6. The molecule has 1 unspecified atom stereocenters. The Bertz CT molecular complexity index is 263. The van der Waals surface area contributed by atoms with E-state index in [-0.39, 0.29) is 12.0 Å². The van der Waals surface area contributed by atoms with E-state index in [2.05, 4.69) is 6.07 Å². The van der Waals surface area contributed by atoms with Gasteiger partial charge in [-0.3, -0.25) is 0 Å². The van der Waals surface area contributed by atoms with Gasteiger partial charge in [0, 0.05) is 13.1 Å². The van der Waals surface area contributed by atoms with Gasteiger partial charge in [-0.2, -0.15) is 5.26 Å². The molecule has 4 nitrogen and oxygen atoms in total. The highest BCUT2D eigenvalue weighted by atomic mass is 16.6. The van der Waals surface area contributed by atoms with Crippen molar-refractivity contribution < 1.29 is 9.53 Å². The van der Waals surface area contributed by atoms with Gasteiger partial charge >= 0.3 is 6.09 Å². The maximum Gasteiger partial charge on any atom is 0.410 e. The molecule has 16 heavy (non-hydrogen) atoms. The van der Waals surface area contributed by atoms with Crippen molar-refractivity contribution in [1.29, 1.82) is 5.26 Å². The predicted molar refractivity (Wildman–Crippen MR) is 62.9 cm³/mol. The van der Waals surface area contributed by atoms with Crippen molar-refractivity contribution in [2.45, 2.75) is 46.6 Å². The lowest BCUT2D eigenvalue weighted by atomic mass is 10.1. The van der Waals surface area contributed by atoms with Crippen LogP contribution < -0.4 is 0 Å². The lowest BCUT2D eigenvalue weighted by molar-refractivity contribution is 0.0291. The van der Waals surface area contributed by atoms with E-state index >= 15 is 0 Å². The molecule has 1 rings (SSSR count). The van der Waals surface area contributed by atoms with Crippen LogP contribution in [0.25, 0.3) is 0 Å². The largest absolute Gasteiger partial charge is 0.444 e. The molecule has 0 aromatic heterocycles. The zero-order chi connectivity index (χ0) is 12.8. The molecule has 1 heterocycles. The van der Waals surface area contributed by atoms with E-state index in [1.807, 2.05) is 34.6 Å². The van der Waals surface area contributed by atoms with Gasteiger partial charge < -0.3 is 9.64 Å². The van der Waals surface area contributed by atoms with Crippen LogP contribution in [0.3, 0.4) is 0 Å². The Morgan fingerprint density at radius 2 is 2.00 bits per heavy atom. The molecular formula is C12H22N2O2. The molecule has 0 bridgehead atoms. The molecule has 1 aliphatic rings. The molecule has 0 saturated carbocycles. The van der Waals surface area contributed by atoms with Crippen LogP contribution in [-0.4, -0.2) is 29.7 Å². The monoisotopic (exact) mass is 226 g/mol. The van der Waals surface area contributed by atoms with E-state index in [9.17, 15) is 4.79 Å². The molecule has 1 fully saturated rings. The van der Waals surface area contributed by atoms with Gasteiger partial charge in [-0.1, -0.05) is 13.8 Å². The molecule has 1 aliphatic heterocycles. The number of amides is 1. The molecule has 0 aliphatic carbocycles. The molecule has 0 radical (unpaired) electrons. The first-order valence-electron chi connectivity index (χ1n) is 5.80. The number of carbonyl (C=O) groups excluding carboxylic acids is 1. The number of carbonyl (C=O) groups is 1. The van der Waals surface area contributed by atoms with Crippen molar-refractivity contribution >= 4 is 6.09 Å². The van der Waals surface area contributed by atoms with Gasteiger partial charge in [0.1, 0.15) is 5.60 Å². The third kappa shape index (κ3) is 5.01. The first-order valence-corrected chi connectivity index (χ1v) is 5.80. The molecule has 1 amide bonds. The fourth-order valence-corrected chi connectivity index (χ4v) is 1.36. The standard InChI is InChI=1S/C10H16N2O2.C2H6/c1-10(2,3)14-9(13)12-5-4-8(6-11)7-12;1-2/h8H,4-5,7H2,1-3H3;1-2H3. The van der Waals surface area contributed by atoms with Crippen LogP contribution in [0.2, 0.25) is 0 Å².